The van der Waals surface area contributed by atoms with Crippen molar-refractivity contribution >= 4 is 24.4 Å². The molecule has 0 saturated heterocycles. The van der Waals surface area contributed by atoms with Gasteiger partial charge >= 0.3 is 17.9 Å². The van der Waals surface area contributed by atoms with Crippen molar-refractivity contribution in [2.45, 2.75) is 58.7 Å². The van der Waals surface area contributed by atoms with Crippen molar-refractivity contribution in [1.82, 2.24) is 0 Å². The van der Waals surface area contributed by atoms with Crippen LogP contribution in [0.5, 0.6) is 0 Å². The maximum Gasteiger partial charge on any atom is 0.311 e. The Morgan fingerprint density at radius 1 is 1.11 bits per heavy atom. The third kappa shape index (κ3) is 7.16. The van der Waals surface area contributed by atoms with Gasteiger partial charge < -0.3 is 24.4 Å². The van der Waals surface area contributed by atoms with Gasteiger partial charge in [-0.25, -0.2) is 0 Å². The number of carbonyl (C=O) groups excluding carboxylic acids is 3. The summed E-state index contributed by atoms with van der Waals surface area (Å²) in [7, 11) is 0. The van der Waals surface area contributed by atoms with E-state index < -0.39 is 47.4 Å². The molecular weight excluding hydrogens is 360 g/mol. The van der Waals surface area contributed by atoms with Gasteiger partial charge in [-0.2, -0.15) is 0 Å². The van der Waals surface area contributed by atoms with E-state index in [4.69, 9.17) is 19.3 Å². The van der Waals surface area contributed by atoms with Crippen LogP contribution in [0.3, 0.4) is 0 Å². The van der Waals surface area contributed by atoms with Crippen LogP contribution in [-0.2, 0) is 33.4 Å². The van der Waals surface area contributed by atoms with Gasteiger partial charge in [0.1, 0.15) is 25.4 Å². The topological polar surface area (TPSA) is 136 Å². The van der Waals surface area contributed by atoms with Gasteiger partial charge in [0.05, 0.1) is 17.3 Å². The number of hydrogen-bond donors (Lipinski definition) is 2. The fraction of sp³-hybridized carbons (Fsp3) is 0.778. The molecule has 1 rings (SSSR count). The van der Waals surface area contributed by atoms with Crippen molar-refractivity contribution in [3.63, 3.8) is 0 Å². The number of hydrogen-bond acceptors (Lipinski definition) is 8. The molecule has 0 amide bonds. The molecule has 0 radical (unpaired) electrons. The van der Waals surface area contributed by atoms with Crippen LogP contribution >= 0.6 is 0 Å². The Kier molecular flexibility index (Phi) is 8.68. The van der Waals surface area contributed by atoms with E-state index in [2.05, 4.69) is 0 Å². The molecule has 0 heterocycles. The number of esters is 2. The molecule has 9 nitrogen and oxygen atoms in total. The molecule has 1 aliphatic rings. The Hall–Kier alpha value is -2.16. The zero-order valence-electron chi connectivity index (χ0n) is 15.9. The average Bonchev–Trinajstić information content (AvgIpc) is 2.63. The zero-order valence-corrected chi connectivity index (χ0v) is 15.9. The third-order valence-corrected chi connectivity index (χ3v) is 4.86. The first-order valence-corrected chi connectivity index (χ1v) is 8.94. The Balaban J connectivity index is 2.48. The van der Waals surface area contributed by atoms with Gasteiger partial charge in [0.25, 0.3) is 6.47 Å². The van der Waals surface area contributed by atoms with Gasteiger partial charge in [-0.1, -0.05) is 6.92 Å². The van der Waals surface area contributed by atoms with Crippen LogP contribution in [0.1, 0.15) is 46.5 Å². The van der Waals surface area contributed by atoms with E-state index in [9.17, 15) is 24.3 Å². The Morgan fingerprint density at radius 2 is 1.70 bits per heavy atom. The van der Waals surface area contributed by atoms with Crippen LogP contribution < -0.4 is 0 Å². The summed E-state index contributed by atoms with van der Waals surface area (Å²) in [4.78, 5) is 45.7. The molecule has 1 fully saturated rings. The van der Waals surface area contributed by atoms with E-state index in [1.807, 2.05) is 6.92 Å². The van der Waals surface area contributed by atoms with Crippen molar-refractivity contribution in [3.8, 4) is 0 Å². The van der Waals surface area contributed by atoms with Crippen molar-refractivity contribution in [2.24, 2.45) is 17.3 Å². The summed E-state index contributed by atoms with van der Waals surface area (Å²) in [6.07, 6.45) is -0.903. The summed E-state index contributed by atoms with van der Waals surface area (Å²) < 4.78 is 14.9. The molecule has 1 aliphatic carbocycles. The zero-order chi connectivity index (χ0) is 20.6. The lowest BCUT2D eigenvalue weighted by atomic mass is 9.79. The summed E-state index contributed by atoms with van der Waals surface area (Å²) in [6, 6.07) is 0. The van der Waals surface area contributed by atoms with E-state index in [0.29, 0.717) is 6.42 Å². The second-order valence-electron chi connectivity index (χ2n) is 7.41. The number of aliphatic hydroxyl groups is 1. The highest BCUT2D eigenvalue weighted by Crippen LogP contribution is 2.32. The number of carbonyl (C=O) groups is 4. The molecule has 4 unspecified atom stereocenters. The van der Waals surface area contributed by atoms with E-state index in [1.54, 1.807) is 13.8 Å². The molecule has 0 aromatic heterocycles. The first-order valence-electron chi connectivity index (χ1n) is 8.94. The summed E-state index contributed by atoms with van der Waals surface area (Å²) in [6.45, 7) is 4.83. The summed E-state index contributed by atoms with van der Waals surface area (Å²) >= 11 is 0. The van der Waals surface area contributed by atoms with Crippen molar-refractivity contribution in [1.29, 1.82) is 0 Å². The molecule has 0 spiro atoms. The highest BCUT2D eigenvalue weighted by molar-refractivity contribution is 5.76. The first-order chi connectivity index (χ1) is 12.6. The number of aliphatic carboxylic acids is 1. The van der Waals surface area contributed by atoms with Gasteiger partial charge in [-0.3, -0.25) is 19.2 Å². The number of carboxylic acids is 1. The second-order valence-corrected chi connectivity index (χ2v) is 7.41. The summed E-state index contributed by atoms with van der Waals surface area (Å²) in [5, 5.41) is 19.0. The lowest BCUT2D eigenvalue weighted by Gasteiger charge is -2.30. The van der Waals surface area contributed by atoms with Crippen LogP contribution in [0, 0.1) is 17.3 Å². The number of aliphatic hydroxyl groups excluding tert-OH is 1. The molecule has 9 heteroatoms. The summed E-state index contributed by atoms with van der Waals surface area (Å²) in [5.74, 6) is -3.78. The lowest BCUT2D eigenvalue weighted by molar-refractivity contribution is -0.164. The van der Waals surface area contributed by atoms with Gasteiger partial charge in [0.15, 0.2) is 0 Å². The highest BCUT2D eigenvalue weighted by atomic mass is 16.6. The van der Waals surface area contributed by atoms with Gasteiger partial charge in [-0.05, 0) is 39.5 Å². The van der Waals surface area contributed by atoms with Crippen LogP contribution in [0.2, 0.25) is 0 Å². The SMILES string of the molecule is CCC(C)(C)C(=O)OCC(O)COC(=O)C1CC(OC=O)CC(C(=O)O)C1. The number of carboxylic acid groups (broad SMARTS) is 1. The Labute approximate surface area is 158 Å². The average molecular weight is 388 g/mol. The molecule has 4 atom stereocenters. The number of ether oxygens (including phenoxy) is 3. The fourth-order valence-electron chi connectivity index (χ4n) is 2.71. The van der Waals surface area contributed by atoms with Crippen molar-refractivity contribution in [2.75, 3.05) is 13.2 Å². The number of rotatable bonds is 10. The van der Waals surface area contributed by atoms with Gasteiger partial charge in [0, 0.05) is 0 Å². The smallest absolute Gasteiger partial charge is 0.311 e. The maximum absolute atomic E-state index is 12.2. The molecule has 27 heavy (non-hydrogen) atoms. The molecule has 154 valence electrons. The van der Waals surface area contributed by atoms with Crippen molar-refractivity contribution in [3.05, 3.63) is 0 Å². The lowest BCUT2D eigenvalue weighted by Crippen LogP contribution is -2.37. The quantitative estimate of drug-likeness (QED) is 0.318. The van der Waals surface area contributed by atoms with E-state index in [1.165, 1.54) is 0 Å². The van der Waals surface area contributed by atoms with E-state index >= 15 is 0 Å². The van der Waals surface area contributed by atoms with E-state index in [0.717, 1.165) is 0 Å². The third-order valence-electron chi connectivity index (χ3n) is 4.86. The second kappa shape index (κ2) is 10.2. The maximum atomic E-state index is 12.2. The minimum atomic E-state index is -1.19. The minimum absolute atomic E-state index is 0.0721. The first kappa shape index (κ1) is 22.9. The Bertz CT molecular complexity index is 543. The largest absolute Gasteiger partial charge is 0.481 e. The fourth-order valence-corrected chi connectivity index (χ4v) is 2.71. The van der Waals surface area contributed by atoms with Crippen molar-refractivity contribution < 1.29 is 43.6 Å². The van der Waals surface area contributed by atoms with Crippen LogP contribution in [0.15, 0.2) is 0 Å². The summed E-state index contributed by atoms with van der Waals surface area (Å²) in [5.41, 5.74) is -0.669. The minimum Gasteiger partial charge on any atom is -0.481 e. The molecule has 0 aromatic carbocycles. The normalized spacial score (nSPS) is 23.8. The van der Waals surface area contributed by atoms with E-state index in [-0.39, 0.29) is 38.9 Å². The molecule has 0 aromatic rings. The van der Waals surface area contributed by atoms with Gasteiger partial charge in [-0.15, -0.1) is 0 Å². The van der Waals surface area contributed by atoms with Crippen LogP contribution in [0.4, 0.5) is 0 Å². The van der Waals surface area contributed by atoms with Crippen LogP contribution in [-0.4, -0.2) is 60.0 Å². The monoisotopic (exact) mass is 388 g/mol. The predicted molar refractivity (Wildman–Crippen MR) is 91.4 cm³/mol. The van der Waals surface area contributed by atoms with Gasteiger partial charge in [0.2, 0.25) is 0 Å². The molecule has 0 aliphatic heterocycles. The van der Waals surface area contributed by atoms with Crippen LogP contribution in [0.25, 0.3) is 0 Å². The molecule has 1 saturated carbocycles. The standard InChI is InChI=1S/C18H28O9/c1-4-18(2,3)17(24)26-9-13(20)8-25-16(23)12-5-11(15(21)22)6-14(7-12)27-10-19/h10-14,20H,4-9H2,1-3H3,(H,21,22). The molecule has 2 N–H and O–H groups in total. The highest BCUT2D eigenvalue weighted by Gasteiger charge is 2.38. The Morgan fingerprint density at radius 3 is 2.26 bits per heavy atom. The molecular formula is C18H28O9. The predicted octanol–water partition coefficient (Wildman–Crippen LogP) is 0.912. The molecule has 0 bridgehead atoms.